The minimum Gasteiger partial charge on any atom is -0.493 e. The standard InChI is InChI=1S/C22H24N2O5S/c1-4-28-18-7-5-15(9-20(18)26-2)11-23-22(25)16-6-8-19(21(10-16)27-3)29-12-17-13-30-14-24-17/h5-10,13-14H,4,11-12H2,1-3H3,(H,23,25). The van der Waals surface area contributed by atoms with Gasteiger partial charge in [0.25, 0.3) is 5.91 Å². The van der Waals surface area contributed by atoms with Crippen LogP contribution in [0.5, 0.6) is 23.0 Å². The van der Waals surface area contributed by atoms with Crippen molar-refractivity contribution in [1.82, 2.24) is 10.3 Å². The van der Waals surface area contributed by atoms with Gasteiger partial charge in [0.05, 0.1) is 32.0 Å². The summed E-state index contributed by atoms with van der Waals surface area (Å²) in [5.41, 5.74) is 3.97. The molecule has 1 aromatic heterocycles. The van der Waals surface area contributed by atoms with Gasteiger partial charge in [-0.25, -0.2) is 4.98 Å². The Kier molecular flexibility index (Phi) is 7.51. The van der Waals surface area contributed by atoms with Crippen molar-refractivity contribution in [3.05, 3.63) is 64.1 Å². The van der Waals surface area contributed by atoms with E-state index in [1.807, 2.05) is 30.5 Å². The number of benzene rings is 2. The van der Waals surface area contributed by atoms with Crippen molar-refractivity contribution in [2.45, 2.75) is 20.1 Å². The highest BCUT2D eigenvalue weighted by Crippen LogP contribution is 2.30. The number of carbonyl (C=O) groups is 1. The van der Waals surface area contributed by atoms with E-state index in [9.17, 15) is 4.79 Å². The summed E-state index contributed by atoms with van der Waals surface area (Å²) in [4.78, 5) is 16.8. The van der Waals surface area contributed by atoms with E-state index >= 15 is 0 Å². The lowest BCUT2D eigenvalue weighted by atomic mass is 10.1. The van der Waals surface area contributed by atoms with Gasteiger partial charge in [-0.1, -0.05) is 6.07 Å². The fourth-order valence-electron chi connectivity index (χ4n) is 2.77. The van der Waals surface area contributed by atoms with Gasteiger partial charge in [0.1, 0.15) is 6.61 Å². The van der Waals surface area contributed by atoms with Crippen LogP contribution >= 0.6 is 11.3 Å². The van der Waals surface area contributed by atoms with Crippen LogP contribution in [0.3, 0.4) is 0 Å². The van der Waals surface area contributed by atoms with Crippen molar-refractivity contribution in [2.24, 2.45) is 0 Å². The molecule has 0 bridgehead atoms. The van der Waals surface area contributed by atoms with E-state index in [0.717, 1.165) is 11.3 Å². The van der Waals surface area contributed by atoms with Gasteiger partial charge in [-0.15, -0.1) is 11.3 Å². The fourth-order valence-corrected chi connectivity index (χ4v) is 3.31. The summed E-state index contributed by atoms with van der Waals surface area (Å²) < 4.78 is 22.0. The van der Waals surface area contributed by atoms with Gasteiger partial charge in [-0.2, -0.15) is 0 Å². The molecule has 0 unspecified atom stereocenters. The largest absolute Gasteiger partial charge is 0.493 e. The molecule has 7 nitrogen and oxygen atoms in total. The molecule has 158 valence electrons. The summed E-state index contributed by atoms with van der Waals surface area (Å²) in [6.07, 6.45) is 0. The molecule has 2 aromatic carbocycles. The van der Waals surface area contributed by atoms with Crippen LogP contribution in [-0.2, 0) is 13.2 Å². The SMILES string of the molecule is CCOc1ccc(CNC(=O)c2ccc(OCc3cscn3)c(OC)c2)cc1OC. The normalized spacial score (nSPS) is 10.4. The number of carbonyl (C=O) groups excluding carboxylic acids is 1. The summed E-state index contributed by atoms with van der Waals surface area (Å²) >= 11 is 1.51. The van der Waals surface area contributed by atoms with Crippen LogP contribution in [0.15, 0.2) is 47.3 Å². The summed E-state index contributed by atoms with van der Waals surface area (Å²) in [5, 5.41) is 4.82. The first-order valence-electron chi connectivity index (χ1n) is 9.40. The predicted molar refractivity (Wildman–Crippen MR) is 115 cm³/mol. The highest BCUT2D eigenvalue weighted by Gasteiger charge is 2.12. The molecule has 1 amide bonds. The maximum absolute atomic E-state index is 12.6. The number of nitrogens with zero attached hydrogens (tertiary/aromatic N) is 1. The first-order valence-corrected chi connectivity index (χ1v) is 10.3. The molecule has 3 rings (SSSR count). The molecule has 0 radical (unpaired) electrons. The molecule has 3 aromatic rings. The number of methoxy groups -OCH3 is 2. The van der Waals surface area contributed by atoms with Gasteiger partial charge in [0, 0.05) is 17.5 Å². The third-order valence-corrected chi connectivity index (χ3v) is 4.90. The quantitative estimate of drug-likeness (QED) is 0.525. The number of rotatable bonds is 10. The Morgan fingerprint density at radius 2 is 1.73 bits per heavy atom. The maximum atomic E-state index is 12.6. The summed E-state index contributed by atoms with van der Waals surface area (Å²) in [5.74, 6) is 2.13. The van der Waals surface area contributed by atoms with Gasteiger partial charge >= 0.3 is 0 Å². The number of thiazole rings is 1. The minimum atomic E-state index is -0.216. The van der Waals surface area contributed by atoms with Crippen molar-refractivity contribution in [2.75, 3.05) is 20.8 Å². The third-order valence-electron chi connectivity index (χ3n) is 4.27. The topological polar surface area (TPSA) is 78.9 Å². The number of hydrogen-bond acceptors (Lipinski definition) is 7. The van der Waals surface area contributed by atoms with E-state index in [2.05, 4.69) is 10.3 Å². The molecule has 1 N–H and O–H groups in total. The first-order chi connectivity index (χ1) is 14.6. The van der Waals surface area contributed by atoms with Crippen LogP contribution in [0.2, 0.25) is 0 Å². The molecule has 0 spiro atoms. The van der Waals surface area contributed by atoms with Gasteiger partial charge < -0.3 is 24.3 Å². The molecular weight excluding hydrogens is 404 g/mol. The average molecular weight is 429 g/mol. The Hall–Kier alpha value is -3.26. The van der Waals surface area contributed by atoms with Crippen molar-refractivity contribution in [3.8, 4) is 23.0 Å². The summed E-state index contributed by atoms with van der Waals surface area (Å²) in [6, 6.07) is 10.7. The molecule has 8 heteroatoms. The van der Waals surface area contributed by atoms with Crippen LogP contribution in [0, 0.1) is 0 Å². The van der Waals surface area contributed by atoms with Crippen LogP contribution in [0.1, 0.15) is 28.5 Å². The Labute approximate surface area is 179 Å². The van der Waals surface area contributed by atoms with Crippen molar-refractivity contribution in [3.63, 3.8) is 0 Å². The average Bonchev–Trinajstić information content (AvgIpc) is 3.30. The van der Waals surface area contributed by atoms with Gasteiger partial charge in [0.15, 0.2) is 23.0 Å². The lowest BCUT2D eigenvalue weighted by Gasteiger charge is -2.13. The first kappa shape index (κ1) is 21.4. The van der Waals surface area contributed by atoms with E-state index in [1.165, 1.54) is 11.3 Å². The predicted octanol–water partition coefficient (Wildman–Crippen LogP) is 4.07. The second-order valence-electron chi connectivity index (χ2n) is 6.23. The summed E-state index contributed by atoms with van der Waals surface area (Å²) in [6.45, 7) is 3.16. The minimum absolute atomic E-state index is 0.216. The number of ether oxygens (including phenoxy) is 4. The van der Waals surface area contributed by atoms with E-state index < -0.39 is 0 Å². The zero-order valence-corrected chi connectivity index (χ0v) is 18.0. The number of hydrogen-bond donors (Lipinski definition) is 1. The number of nitrogens with one attached hydrogen (secondary N) is 1. The molecule has 0 saturated heterocycles. The smallest absolute Gasteiger partial charge is 0.251 e. The molecule has 0 atom stereocenters. The zero-order valence-electron chi connectivity index (χ0n) is 17.1. The molecule has 0 aliphatic heterocycles. The monoisotopic (exact) mass is 428 g/mol. The second kappa shape index (κ2) is 10.5. The van der Waals surface area contributed by atoms with E-state index in [0.29, 0.717) is 48.3 Å². The summed E-state index contributed by atoms with van der Waals surface area (Å²) in [7, 11) is 3.13. The number of amides is 1. The number of aromatic nitrogens is 1. The Balaban J connectivity index is 1.63. The van der Waals surface area contributed by atoms with E-state index in [4.69, 9.17) is 18.9 Å². The highest BCUT2D eigenvalue weighted by molar-refractivity contribution is 7.07. The van der Waals surface area contributed by atoms with E-state index in [-0.39, 0.29) is 5.91 Å². The molecular formula is C22H24N2O5S. The van der Waals surface area contributed by atoms with Crippen LogP contribution < -0.4 is 24.3 Å². The maximum Gasteiger partial charge on any atom is 0.251 e. The van der Waals surface area contributed by atoms with Crippen molar-refractivity contribution >= 4 is 17.2 Å². The Morgan fingerprint density at radius 1 is 1.00 bits per heavy atom. The lowest BCUT2D eigenvalue weighted by Crippen LogP contribution is -2.22. The molecule has 0 aliphatic rings. The molecule has 30 heavy (non-hydrogen) atoms. The molecule has 0 saturated carbocycles. The fraction of sp³-hybridized carbons (Fsp3) is 0.273. The van der Waals surface area contributed by atoms with Crippen LogP contribution in [0.4, 0.5) is 0 Å². The second-order valence-corrected chi connectivity index (χ2v) is 6.95. The highest BCUT2D eigenvalue weighted by atomic mass is 32.1. The Morgan fingerprint density at radius 3 is 2.43 bits per heavy atom. The van der Waals surface area contributed by atoms with Gasteiger partial charge in [-0.05, 0) is 42.8 Å². The molecule has 0 aliphatic carbocycles. The Bertz CT molecular complexity index is 976. The van der Waals surface area contributed by atoms with Crippen molar-refractivity contribution < 1.29 is 23.7 Å². The van der Waals surface area contributed by atoms with Crippen LogP contribution in [-0.4, -0.2) is 31.7 Å². The molecule has 0 fully saturated rings. The van der Waals surface area contributed by atoms with E-state index in [1.54, 1.807) is 37.9 Å². The van der Waals surface area contributed by atoms with Gasteiger partial charge in [0.2, 0.25) is 0 Å². The van der Waals surface area contributed by atoms with Crippen molar-refractivity contribution in [1.29, 1.82) is 0 Å². The van der Waals surface area contributed by atoms with Crippen LogP contribution in [0.25, 0.3) is 0 Å². The third kappa shape index (κ3) is 5.42. The lowest BCUT2D eigenvalue weighted by molar-refractivity contribution is 0.0950. The van der Waals surface area contributed by atoms with Gasteiger partial charge in [-0.3, -0.25) is 4.79 Å². The zero-order chi connectivity index (χ0) is 21.3. The molecule has 1 heterocycles.